The number of nitrogens with zero attached hydrogens (tertiary/aromatic N) is 5. The Morgan fingerprint density at radius 2 is 1.84 bits per heavy atom. The van der Waals surface area contributed by atoms with E-state index < -0.39 is 0 Å². The van der Waals surface area contributed by atoms with E-state index >= 15 is 0 Å². The Bertz CT molecular complexity index is 830. The van der Waals surface area contributed by atoms with Crippen molar-refractivity contribution in [2.75, 3.05) is 31.1 Å². The maximum atomic E-state index is 4.69. The molecule has 1 saturated heterocycles. The van der Waals surface area contributed by atoms with Crippen LogP contribution in [0.25, 0.3) is 11.0 Å². The Labute approximate surface area is 147 Å². The molecule has 1 aliphatic heterocycles. The number of H-pyrrole nitrogens is 1. The van der Waals surface area contributed by atoms with Gasteiger partial charge in [0.05, 0.1) is 17.6 Å². The second kappa shape index (κ2) is 6.80. The summed E-state index contributed by atoms with van der Waals surface area (Å²) in [4.78, 5) is 22.1. The van der Waals surface area contributed by atoms with Gasteiger partial charge in [-0.1, -0.05) is 19.1 Å². The first-order valence-corrected chi connectivity index (χ1v) is 8.97. The summed E-state index contributed by atoms with van der Waals surface area (Å²) in [5.74, 6) is 3.04. The van der Waals surface area contributed by atoms with E-state index in [1.165, 1.54) is 0 Å². The van der Waals surface area contributed by atoms with Crippen LogP contribution in [0.2, 0.25) is 0 Å². The number of fused-ring (bicyclic) bond motifs is 1. The smallest absolute Gasteiger partial charge is 0.132 e. The highest BCUT2D eigenvalue weighted by atomic mass is 15.3. The lowest BCUT2D eigenvalue weighted by Gasteiger charge is -2.35. The van der Waals surface area contributed by atoms with Crippen molar-refractivity contribution < 1.29 is 0 Å². The number of aromatic nitrogens is 4. The number of anilines is 1. The molecule has 3 heterocycles. The molecule has 0 radical (unpaired) electrons. The van der Waals surface area contributed by atoms with E-state index in [2.05, 4.69) is 49.9 Å². The summed E-state index contributed by atoms with van der Waals surface area (Å²) in [6, 6.07) is 10.3. The zero-order chi connectivity index (χ0) is 17.2. The molecular formula is C19H24N6. The van der Waals surface area contributed by atoms with Crippen LogP contribution < -0.4 is 4.90 Å². The highest BCUT2D eigenvalue weighted by Gasteiger charge is 2.19. The fourth-order valence-corrected chi connectivity index (χ4v) is 3.36. The minimum Gasteiger partial charge on any atom is -0.354 e. The minimum atomic E-state index is 0.867. The van der Waals surface area contributed by atoms with Gasteiger partial charge < -0.3 is 9.88 Å². The van der Waals surface area contributed by atoms with Gasteiger partial charge in [0.15, 0.2) is 0 Å². The zero-order valence-corrected chi connectivity index (χ0v) is 14.9. The van der Waals surface area contributed by atoms with Gasteiger partial charge in [0, 0.05) is 44.4 Å². The molecule has 1 aromatic carbocycles. The largest absolute Gasteiger partial charge is 0.354 e. The maximum absolute atomic E-state index is 4.69. The average Bonchev–Trinajstić information content (AvgIpc) is 3.04. The molecule has 0 unspecified atom stereocenters. The highest BCUT2D eigenvalue weighted by Crippen LogP contribution is 2.17. The number of hydrogen-bond donors (Lipinski definition) is 1. The molecule has 1 N–H and O–H groups in total. The lowest BCUT2D eigenvalue weighted by molar-refractivity contribution is 0.244. The van der Waals surface area contributed by atoms with Gasteiger partial charge in [-0.3, -0.25) is 4.90 Å². The molecule has 0 atom stereocenters. The predicted octanol–water partition coefficient (Wildman–Crippen LogP) is 2.55. The van der Waals surface area contributed by atoms with E-state index in [9.17, 15) is 0 Å². The third-order valence-electron chi connectivity index (χ3n) is 4.71. The SMILES string of the molecule is CCc1nc(C)cc(N2CCN(Cc3nc4ccccc4[nH]3)CC2)n1. The Balaban J connectivity index is 1.40. The lowest BCUT2D eigenvalue weighted by Crippen LogP contribution is -2.46. The van der Waals surface area contributed by atoms with Gasteiger partial charge in [0.1, 0.15) is 17.5 Å². The molecule has 0 amide bonds. The third-order valence-corrected chi connectivity index (χ3v) is 4.71. The first-order chi connectivity index (χ1) is 12.2. The summed E-state index contributed by atoms with van der Waals surface area (Å²) in [6.07, 6.45) is 0.876. The summed E-state index contributed by atoms with van der Waals surface area (Å²) in [5, 5.41) is 0. The number of hydrogen-bond acceptors (Lipinski definition) is 5. The van der Waals surface area contributed by atoms with Crippen molar-refractivity contribution in [2.24, 2.45) is 0 Å². The molecule has 3 aromatic rings. The molecular weight excluding hydrogens is 312 g/mol. The Kier molecular flexibility index (Phi) is 4.36. The molecule has 130 valence electrons. The number of aryl methyl sites for hydroxylation is 2. The molecule has 2 aromatic heterocycles. The zero-order valence-electron chi connectivity index (χ0n) is 14.9. The third kappa shape index (κ3) is 3.49. The summed E-state index contributed by atoms with van der Waals surface area (Å²) in [5.41, 5.74) is 3.20. The summed E-state index contributed by atoms with van der Waals surface area (Å²) in [7, 11) is 0. The Hall–Kier alpha value is -2.47. The first-order valence-electron chi connectivity index (χ1n) is 8.97. The van der Waals surface area contributed by atoms with Crippen LogP contribution in [0.3, 0.4) is 0 Å². The Morgan fingerprint density at radius 1 is 1.04 bits per heavy atom. The second-order valence-corrected chi connectivity index (χ2v) is 6.60. The number of para-hydroxylation sites is 2. The van der Waals surface area contributed by atoms with Crippen molar-refractivity contribution in [1.82, 2.24) is 24.8 Å². The van der Waals surface area contributed by atoms with Crippen LogP contribution in [0.4, 0.5) is 5.82 Å². The molecule has 4 rings (SSSR count). The van der Waals surface area contributed by atoms with Crippen molar-refractivity contribution in [3.63, 3.8) is 0 Å². The molecule has 1 fully saturated rings. The average molecular weight is 336 g/mol. The normalized spacial score (nSPS) is 15.8. The van der Waals surface area contributed by atoms with E-state index in [0.29, 0.717) is 0 Å². The van der Waals surface area contributed by atoms with Crippen molar-refractivity contribution >= 4 is 16.9 Å². The number of rotatable bonds is 4. The molecule has 6 heteroatoms. The number of nitrogens with one attached hydrogen (secondary N) is 1. The van der Waals surface area contributed by atoms with E-state index in [0.717, 1.165) is 73.3 Å². The van der Waals surface area contributed by atoms with Crippen molar-refractivity contribution in [2.45, 2.75) is 26.8 Å². The predicted molar refractivity (Wildman–Crippen MR) is 99.7 cm³/mol. The van der Waals surface area contributed by atoms with Crippen molar-refractivity contribution in [1.29, 1.82) is 0 Å². The van der Waals surface area contributed by atoms with Gasteiger partial charge in [-0.2, -0.15) is 0 Å². The first kappa shape index (κ1) is 16.0. The van der Waals surface area contributed by atoms with Crippen LogP contribution >= 0.6 is 0 Å². The Morgan fingerprint density at radius 3 is 2.60 bits per heavy atom. The van der Waals surface area contributed by atoms with Crippen LogP contribution in [0.5, 0.6) is 0 Å². The highest BCUT2D eigenvalue weighted by molar-refractivity contribution is 5.74. The van der Waals surface area contributed by atoms with E-state index in [-0.39, 0.29) is 0 Å². The fourth-order valence-electron chi connectivity index (χ4n) is 3.36. The fraction of sp³-hybridized carbons (Fsp3) is 0.421. The van der Waals surface area contributed by atoms with Gasteiger partial charge in [0.2, 0.25) is 0 Å². The molecule has 25 heavy (non-hydrogen) atoms. The summed E-state index contributed by atoms with van der Waals surface area (Å²) in [6.45, 7) is 9.01. The van der Waals surface area contributed by atoms with Gasteiger partial charge in [-0.15, -0.1) is 0 Å². The number of aromatic amines is 1. The van der Waals surface area contributed by atoms with Crippen molar-refractivity contribution in [3.8, 4) is 0 Å². The van der Waals surface area contributed by atoms with E-state index in [1.807, 2.05) is 19.1 Å². The maximum Gasteiger partial charge on any atom is 0.132 e. The number of imidazole rings is 1. The topological polar surface area (TPSA) is 60.9 Å². The summed E-state index contributed by atoms with van der Waals surface area (Å²) >= 11 is 0. The van der Waals surface area contributed by atoms with Crippen LogP contribution in [0.15, 0.2) is 30.3 Å². The van der Waals surface area contributed by atoms with E-state index in [1.54, 1.807) is 0 Å². The van der Waals surface area contributed by atoms with Crippen LogP contribution in [-0.4, -0.2) is 51.0 Å². The van der Waals surface area contributed by atoms with Gasteiger partial charge >= 0.3 is 0 Å². The van der Waals surface area contributed by atoms with Gasteiger partial charge in [-0.05, 0) is 19.1 Å². The number of piperazine rings is 1. The molecule has 6 nitrogen and oxygen atoms in total. The lowest BCUT2D eigenvalue weighted by atomic mass is 10.3. The standard InChI is InChI=1S/C19H24N6/c1-3-17-20-14(2)12-19(23-17)25-10-8-24(9-11-25)13-18-21-15-6-4-5-7-16(15)22-18/h4-7,12H,3,8-11,13H2,1-2H3,(H,21,22). The van der Waals surface area contributed by atoms with Crippen LogP contribution in [0.1, 0.15) is 24.3 Å². The molecule has 0 aliphatic carbocycles. The molecule has 1 aliphatic rings. The van der Waals surface area contributed by atoms with Gasteiger partial charge in [0.25, 0.3) is 0 Å². The van der Waals surface area contributed by atoms with Crippen molar-refractivity contribution in [3.05, 3.63) is 47.7 Å². The van der Waals surface area contributed by atoms with Crippen LogP contribution in [0, 0.1) is 6.92 Å². The monoisotopic (exact) mass is 336 g/mol. The number of benzene rings is 1. The van der Waals surface area contributed by atoms with Crippen LogP contribution in [-0.2, 0) is 13.0 Å². The molecule has 0 bridgehead atoms. The second-order valence-electron chi connectivity index (χ2n) is 6.60. The quantitative estimate of drug-likeness (QED) is 0.793. The van der Waals surface area contributed by atoms with Gasteiger partial charge in [-0.25, -0.2) is 15.0 Å². The molecule has 0 spiro atoms. The van der Waals surface area contributed by atoms with E-state index in [4.69, 9.17) is 4.98 Å². The summed E-state index contributed by atoms with van der Waals surface area (Å²) < 4.78 is 0. The molecule has 0 saturated carbocycles. The minimum absolute atomic E-state index is 0.867.